The quantitative estimate of drug-likeness (QED) is 0.267. The average Bonchev–Trinajstić information content (AvgIpc) is 2.94. The molecule has 0 radical (unpaired) electrons. The van der Waals surface area contributed by atoms with Gasteiger partial charge in [0.05, 0.1) is 16.7 Å². The number of aryl methyl sites for hydroxylation is 1. The van der Waals surface area contributed by atoms with Crippen molar-refractivity contribution in [3.63, 3.8) is 0 Å². The van der Waals surface area contributed by atoms with E-state index in [0.29, 0.717) is 6.07 Å². The van der Waals surface area contributed by atoms with Crippen LogP contribution in [0.4, 0.5) is 24.5 Å². The Bertz CT molecular complexity index is 1140. The van der Waals surface area contributed by atoms with Crippen LogP contribution in [0.25, 0.3) is 5.69 Å². The molecule has 6 nitrogen and oxygen atoms in total. The van der Waals surface area contributed by atoms with Gasteiger partial charge in [0.1, 0.15) is 5.69 Å². The molecule has 0 saturated heterocycles. The fourth-order valence-electron chi connectivity index (χ4n) is 3.06. The Morgan fingerprint density at radius 1 is 1.17 bits per heavy atom. The van der Waals surface area contributed by atoms with Crippen LogP contribution in [-0.4, -0.2) is 15.7 Å². The van der Waals surface area contributed by atoms with Gasteiger partial charge in [-0.3, -0.25) is 15.5 Å². The van der Waals surface area contributed by atoms with E-state index in [0.717, 1.165) is 39.2 Å². The van der Waals surface area contributed by atoms with Crippen LogP contribution in [0.5, 0.6) is 0 Å². The highest BCUT2D eigenvalue weighted by Gasteiger charge is 2.33. The van der Waals surface area contributed by atoms with Crippen LogP contribution in [-0.2, 0) is 6.18 Å². The molecule has 3 rings (SSSR count). The average molecular weight is 481 g/mol. The first kappa shape index (κ1) is 21.6. The highest BCUT2D eigenvalue weighted by molar-refractivity contribution is 9.10. The van der Waals surface area contributed by atoms with Crippen molar-refractivity contribution in [3.05, 3.63) is 85.6 Å². The van der Waals surface area contributed by atoms with E-state index in [2.05, 4.69) is 26.5 Å². The molecule has 0 amide bonds. The lowest BCUT2D eigenvalue weighted by molar-refractivity contribution is -0.384. The minimum atomic E-state index is -4.67. The molecular formula is C20H16BrF3N4O2. The maximum Gasteiger partial charge on any atom is 0.416 e. The summed E-state index contributed by atoms with van der Waals surface area (Å²) >= 11 is 3.44. The van der Waals surface area contributed by atoms with Crippen molar-refractivity contribution >= 4 is 33.5 Å². The summed E-state index contributed by atoms with van der Waals surface area (Å²) < 4.78 is 41.4. The third-order valence-corrected chi connectivity index (χ3v) is 4.94. The first-order valence-electron chi connectivity index (χ1n) is 8.67. The van der Waals surface area contributed by atoms with Gasteiger partial charge < -0.3 is 4.57 Å². The molecule has 30 heavy (non-hydrogen) atoms. The van der Waals surface area contributed by atoms with Gasteiger partial charge in [-0.2, -0.15) is 18.3 Å². The number of rotatable bonds is 5. The summed E-state index contributed by atoms with van der Waals surface area (Å²) in [4.78, 5) is 10.3. The van der Waals surface area contributed by atoms with Crippen LogP contribution in [0, 0.1) is 24.0 Å². The second-order valence-corrected chi connectivity index (χ2v) is 7.41. The van der Waals surface area contributed by atoms with Gasteiger partial charge in [-0.05, 0) is 50.2 Å². The van der Waals surface area contributed by atoms with Gasteiger partial charge in [-0.25, -0.2) is 0 Å². The summed E-state index contributed by atoms with van der Waals surface area (Å²) in [6, 6.07) is 11.9. The summed E-state index contributed by atoms with van der Waals surface area (Å²) in [5.74, 6) is 0. The Hall–Kier alpha value is -3.14. The van der Waals surface area contributed by atoms with Crippen LogP contribution >= 0.6 is 15.9 Å². The van der Waals surface area contributed by atoms with Gasteiger partial charge in [0.25, 0.3) is 5.69 Å². The number of halogens is 4. The van der Waals surface area contributed by atoms with Gasteiger partial charge in [0, 0.05) is 33.2 Å². The summed E-state index contributed by atoms with van der Waals surface area (Å²) in [7, 11) is 0. The van der Waals surface area contributed by atoms with Crippen molar-refractivity contribution in [2.75, 3.05) is 5.43 Å². The molecule has 0 atom stereocenters. The largest absolute Gasteiger partial charge is 0.416 e. The summed E-state index contributed by atoms with van der Waals surface area (Å²) in [6.07, 6.45) is -3.20. The number of hydrazone groups is 1. The number of aromatic nitrogens is 1. The maximum atomic E-state index is 12.8. The van der Waals surface area contributed by atoms with Crippen molar-refractivity contribution in [1.29, 1.82) is 0 Å². The summed E-state index contributed by atoms with van der Waals surface area (Å²) in [5, 5.41) is 15.1. The number of hydrogen-bond acceptors (Lipinski definition) is 4. The molecule has 1 aromatic heterocycles. The fourth-order valence-corrected chi connectivity index (χ4v) is 3.44. The lowest BCUT2D eigenvalue weighted by Crippen LogP contribution is -2.06. The van der Waals surface area contributed by atoms with E-state index < -0.39 is 22.4 Å². The van der Waals surface area contributed by atoms with Crippen molar-refractivity contribution < 1.29 is 18.1 Å². The lowest BCUT2D eigenvalue weighted by Gasteiger charge is -2.10. The number of nitrogens with one attached hydrogen (secondary N) is 1. The molecule has 0 fully saturated rings. The number of nitro benzene ring substituents is 1. The molecule has 0 aliphatic heterocycles. The van der Waals surface area contributed by atoms with Gasteiger partial charge in [-0.1, -0.05) is 22.0 Å². The molecule has 3 aromatic rings. The predicted octanol–water partition coefficient (Wildman–Crippen LogP) is 6.23. The summed E-state index contributed by atoms with van der Waals surface area (Å²) in [5.41, 5.74) is 4.08. The number of nitrogens with zero attached hydrogens (tertiary/aromatic N) is 3. The molecule has 0 aliphatic rings. The van der Waals surface area contributed by atoms with E-state index in [1.807, 2.05) is 48.7 Å². The molecule has 1 heterocycles. The first-order valence-corrected chi connectivity index (χ1v) is 9.47. The Morgan fingerprint density at radius 2 is 1.90 bits per heavy atom. The van der Waals surface area contributed by atoms with Gasteiger partial charge in [0.15, 0.2) is 0 Å². The molecular weight excluding hydrogens is 465 g/mol. The zero-order valence-electron chi connectivity index (χ0n) is 15.9. The Kier molecular flexibility index (Phi) is 5.97. The third kappa shape index (κ3) is 4.54. The van der Waals surface area contributed by atoms with Crippen LogP contribution in [0.1, 0.15) is 22.5 Å². The third-order valence-electron chi connectivity index (χ3n) is 4.45. The fraction of sp³-hybridized carbons (Fsp3) is 0.150. The smallest absolute Gasteiger partial charge is 0.318 e. The van der Waals surface area contributed by atoms with Crippen LogP contribution in [0.2, 0.25) is 0 Å². The minimum absolute atomic E-state index is 0.134. The predicted molar refractivity (Wildman–Crippen MR) is 112 cm³/mol. The van der Waals surface area contributed by atoms with Gasteiger partial charge in [-0.15, -0.1) is 0 Å². The maximum absolute atomic E-state index is 12.8. The topological polar surface area (TPSA) is 72.5 Å². The Labute approximate surface area is 178 Å². The van der Waals surface area contributed by atoms with E-state index in [9.17, 15) is 23.3 Å². The number of benzene rings is 2. The van der Waals surface area contributed by atoms with Crippen LogP contribution in [0.3, 0.4) is 0 Å². The van der Waals surface area contributed by atoms with Crippen molar-refractivity contribution in [1.82, 2.24) is 4.57 Å². The van der Waals surface area contributed by atoms with E-state index in [1.165, 1.54) is 6.21 Å². The van der Waals surface area contributed by atoms with E-state index >= 15 is 0 Å². The monoisotopic (exact) mass is 480 g/mol. The standard InChI is InChI=1S/C20H16BrF3N4O2/c1-12-8-14(13(2)27(12)17-5-3-4-16(21)10-17)11-25-26-18-7-6-15(20(22,23)24)9-19(18)28(29)30/h3-11,26H,1-2H3/b25-11-. The number of alkyl halides is 3. The van der Waals surface area contributed by atoms with E-state index in [-0.39, 0.29) is 5.69 Å². The molecule has 0 aliphatic carbocycles. The second kappa shape index (κ2) is 8.31. The normalized spacial score (nSPS) is 11.8. The number of anilines is 1. The summed E-state index contributed by atoms with van der Waals surface area (Å²) in [6.45, 7) is 3.83. The van der Waals surface area contributed by atoms with E-state index in [1.54, 1.807) is 0 Å². The Morgan fingerprint density at radius 3 is 2.53 bits per heavy atom. The molecule has 0 saturated carbocycles. The number of nitro groups is 1. The van der Waals surface area contributed by atoms with Crippen molar-refractivity contribution in [3.8, 4) is 5.69 Å². The Balaban J connectivity index is 1.88. The van der Waals surface area contributed by atoms with Gasteiger partial charge in [0.2, 0.25) is 0 Å². The van der Waals surface area contributed by atoms with Crippen LogP contribution in [0.15, 0.2) is 58.1 Å². The lowest BCUT2D eigenvalue weighted by atomic mass is 10.1. The molecule has 10 heteroatoms. The minimum Gasteiger partial charge on any atom is -0.318 e. The highest BCUT2D eigenvalue weighted by Crippen LogP contribution is 2.35. The molecule has 2 aromatic carbocycles. The molecule has 0 spiro atoms. The molecule has 0 bridgehead atoms. The number of hydrogen-bond donors (Lipinski definition) is 1. The van der Waals surface area contributed by atoms with Crippen LogP contribution < -0.4 is 5.43 Å². The highest BCUT2D eigenvalue weighted by atomic mass is 79.9. The molecule has 0 unspecified atom stereocenters. The molecule has 156 valence electrons. The van der Waals surface area contributed by atoms with E-state index in [4.69, 9.17) is 0 Å². The second-order valence-electron chi connectivity index (χ2n) is 6.50. The first-order chi connectivity index (χ1) is 14.1. The van der Waals surface area contributed by atoms with Crippen molar-refractivity contribution in [2.45, 2.75) is 20.0 Å². The van der Waals surface area contributed by atoms with Crippen molar-refractivity contribution in [2.24, 2.45) is 5.10 Å². The SMILES string of the molecule is Cc1cc(/C=N\Nc2ccc(C(F)(F)F)cc2[N+](=O)[O-])c(C)n1-c1cccc(Br)c1. The molecule has 1 N–H and O–H groups in total. The van der Waals surface area contributed by atoms with Gasteiger partial charge >= 0.3 is 6.18 Å². The zero-order valence-corrected chi connectivity index (χ0v) is 17.5. The zero-order chi connectivity index (χ0) is 22.1.